The van der Waals surface area contributed by atoms with Crippen LogP contribution in [0.1, 0.15) is 44.6 Å². The Morgan fingerprint density at radius 3 is 2.09 bits per heavy atom. The molecule has 2 rings (SSSR count). The normalized spacial score (nSPS) is 10.7. The van der Waals surface area contributed by atoms with Crippen LogP contribution in [-0.2, 0) is 12.8 Å². The number of aryl methyl sites for hydroxylation is 3. The van der Waals surface area contributed by atoms with E-state index in [1.165, 1.54) is 16.8 Å². The van der Waals surface area contributed by atoms with Crippen LogP contribution in [0.3, 0.4) is 0 Å². The second-order valence-electron chi connectivity index (χ2n) is 5.61. The monoisotopic (exact) mass is 312 g/mol. The standard InChI is InChI=1S/C19H28N4/c1-6-15-11-10-12-16(7-2)19(15)22-17-13-18(21-14(5)20-17)23(8-3)9-4/h10-13H,6-9H2,1-5H3,(H,20,21,22). The molecule has 124 valence electrons. The van der Waals surface area contributed by atoms with E-state index in [1.807, 2.05) is 13.0 Å². The molecule has 0 fully saturated rings. The van der Waals surface area contributed by atoms with Crippen LogP contribution >= 0.6 is 0 Å². The summed E-state index contributed by atoms with van der Waals surface area (Å²) in [6.45, 7) is 12.5. The van der Waals surface area contributed by atoms with E-state index in [1.54, 1.807) is 0 Å². The van der Waals surface area contributed by atoms with Crippen molar-refractivity contribution < 1.29 is 0 Å². The van der Waals surface area contributed by atoms with Crippen molar-refractivity contribution in [3.8, 4) is 0 Å². The maximum absolute atomic E-state index is 4.58. The molecule has 0 saturated heterocycles. The van der Waals surface area contributed by atoms with Crippen LogP contribution in [0.2, 0.25) is 0 Å². The molecule has 23 heavy (non-hydrogen) atoms. The summed E-state index contributed by atoms with van der Waals surface area (Å²) in [4.78, 5) is 11.4. The van der Waals surface area contributed by atoms with Gasteiger partial charge in [0.2, 0.25) is 0 Å². The molecule has 0 radical (unpaired) electrons. The number of nitrogens with one attached hydrogen (secondary N) is 1. The van der Waals surface area contributed by atoms with E-state index in [4.69, 9.17) is 0 Å². The van der Waals surface area contributed by atoms with Gasteiger partial charge in [0.15, 0.2) is 0 Å². The molecular weight excluding hydrogens is 284 g/mol. The molecule has 0 spiro atoms. The molecule has 0 unspecified atom stereocenters. The van der Waals surface area contributed by atoms with E-state index in [-0.39, 0.29) is 0 Å². The number of hydrogen-bond acceptors (Lipinski definition) is 4. The Labute approximate surface area is 140 Å². The van der Waals surface area contributed by atoms with Gasteiger partial charge in [0, 0.05) is 24.8 Å². The lowest BCUT2D eigenvalue weighted by atomic mass is 10.0. The lowest BCUT2D eigenvalue weighted by molar-refractivity contribution is 0.835. The molecule has 1 aromatic carbocycles. The molecule has 1 heterocycles. The van der Waals surface area contributed by atoms with Gasteiger partial charge >= 0.3 is 0 Å². The van der Waals surface area contributed by atoms with Crippen molar-refractivity contribution in [3.63, 3.8) is 0 Å². The number of anilines is 3. The third kappa shape index (κ3) is 4.01. The molecule has 0 aliphatic carbocycles. The fourth-order valence-corrected chi connectivity index (χ4v) is 2.86. The average molecular weight is 312 g/mol. The highest BCUT2D eigenvalue weighted by Crippen LogP contribution is 2.27. The molecule has 0 atom stereocenters. The van der Waals surface area contributed by atoms with E-state index >= 15 is 0 Å². The van der Waals surface area contributed by atoms with Gasteiger partial charge in [-0.1, -0.05) is 32.0 Å². The predicted octanol–water partition coefficient (Wildman–Crippen LogP) is 4.50. The van der Waals surface area contributed by atoms with Gasteiger partial charge in [-0.25, -0.2) is 9.97 Å². The number of benzene rings is 1. The first-order valence-corrected chi connectivity index (χ1v) is 8.61. The summed E-state index contributed by atoms with van der Waals surface area (Å²) < 4.78 is 0. The number of para-hydroxylation sites is 1. The second-order valence-corrected chi connectivity index (χ2v) is 5.61. The molecule has 0 aliphatic heterocycles. The molecule has 1 aromatic heterocycles. The van der Waals surface area contributed by atoms with Crippen LogP contribution in [0.4, 0.5) is 17.3 Å². The van der Waals surface area contributed by atoms with E-state index in [0.717, 1.165) is 43.4 Å². The van der Waals surface area contributed by atoms with Crippen molar-refractivity contribution in [3.05, 3.63) is 41.2 Å². The van der Waals surface area contributed by atoms with Crippen LogP contribution in [0.15, 0.2) is 24.3 Å². The lowest BCUT2D eigenvalue weighted by Gasteiger charge is -2.21. The van der Waals surface area contributed by atoms with Crippen LogP contribution in [0.25, 0.3) is 0 Å². The molecular formula is C19H28N4. The van der Waals surface area contributed by atoms with E-state index in [0.29, 0.717) is 0 Å². The van der Waals surface area contributed by atoms with Gasteiger partial charge in [-0.15, -0.1) is 0 Å². The first-order valence-electron chi connectivity index (χ1n) is 8.61. The molecule has 0 saturated carbocycles. The summed E-state index contributed by atoms with van der Waals surface area (Å²) in [7, 11) is 0. The first kappa shape index (κ1) is 17.3. The zero-order chi connectivity index (χ0) is 16.8. The Morgan fingerprint density at radius 2 is 1.57 bits per heavy atom. The molecule has 1 N–H and O–H groups in total. The van der Waals surface area contributed by atoms with Crippen LogP contribution in [-0.4, -0.2) is 23.1 Å². The molecule has 0 aliphatic rings. The maximum atomic E-state index is 4.58. The summed E-state index contributed by atoms with van der Waals surface area (Å²) in [5.74, 6) is 2.65. The number of hydrogen-bond donors (Lipinski definition) is 1. The summed E-state index contributed by atoms with van der Waals surface area (Å²) in [6.07, 6.45) is 2.01. The van der Waals surface area contributed by atoms with Gasteiger partial charge < -0.3 is 10.2 Å². The van der Waals surface area contributed by atoms with Gasteiger partial charge in [-0.3, -0.25) is 0 Å². The quantitative estimate of drug-likeness (QED) is 0.817. The highest BCUT2D eigenvalue weighted by molar-refractivity contribution is 5.66. The van der Waals surface area contributed by atoms with Crippen LogP contribution in [0.5, 0.6) is 0 Å². The number of aromatic nitrogens is 2. The third-order valence-corrected chi connectivity index (χ3v) is 4.16. The fraction of sp³-hybridized carbons (Fsp3) is 0.474. The summed E-state index contributed by atoms with van der Waals surface area (Å²) in [5, 5.41) is 3.55. The predicted molar refractivity (Wildman–Crippen MR) is 98.8 cm³/mol. The smallest absolute Gasteiger partial charge is 0.136 e. The summed E-state index contributed by atoms with van der Waals surface area (Å²) in [6, 6.07) is 8.54. The largest absolute Gasteiger partial charge is 0.357 e. The Morgan fingerprint density at radius 1 is 0.957 bits per heavy atom. The molecule has 4 heteroatoms. The second kappa shape index (κ2) is 7.95. The Kier molecular flexibility index (Phi) is 5.97. The maximum Gasteiger partial charge on any atom is 0.136 e. The number of nitrogens with zero attached hydrogens (tertiary/aromatic N) is 3. The molecule has 2 aromatic rings. The minimum absolute atomic E-state index is 0.795. The van der Waals surface area contributed by atoms with Gasteiger partial charge in [0.25, 0.3) is 0 Å². The zero-order valence-electron chi connectivity index (χ0n) is 15.0. The van der Waals surface area contributed by atoms with E-state index in [9.17, 15) is 0 Å². The van der Waals surface area contributed by atoms with Crippen molar-refractivity contribution in [2.45, 2.75) is 47.5 Å². The highest BCUT2D eigenvalue weighted by atomic mass is 15.2. The average Bonchev–Trinajstić information content (AvgIpc) is 2.55. The van der Waals surface area contributed by atoms with Crippen molar-refractivity contribution in [1.82, 2.24) is 9.97 Å². The first-order chi connectivity index (χ1) is 11.1. The topological polar surface area (TPSA) is 41.0 Å². The minimum atomic E-state index is 0.795. The van der Waals surface area contributed by atoms with Crippen molar-refractivity contribution in [2.24, 2.45) is 0 Å². The number of rotatable bonds is 7. The SMILES string of the molecule is CCc1cccc(CC)c1Nc1cc(N(CC)CC)nc(C)n1. The summed E-state index contributed by atoms with van der Waals surface area (Å²) in [5.41, 5.74) is 3.84. The summed E-state index contributed by atoms with van der Waals surface area (Å²) >= 11 is 0. The lowest BCUT2D eigenvalue weighted by Crippen LogP contribution is -2.23. The van der Waals surface area contributed by atoms with Gasteiger partial charge in [0.05, 0.1) is 0 Å². The van der Waals surface area contributed by atoms with Crippen molar-refractivity contribution in [1.29, 1.82) is 0 Å². The van der Waals surface area contributed by atoms with Gasteiger partial charge in [-0.05, 0) is 44.7 Å². The minimum Gasteiger partial charge on any atom is -0.357 e. The van der Waals surface area contributed by atoms with Crippen LogP contribution < -0.4 is 10.2 Å². The van der Waals surface area contributed by atoms with Crippen LogP contribution in [0, 0.1) is 6.92 Å². The van der Waals surface area contributed by atoms with Gasteiger partial charge in [0.1, 0.15) is 17.5 Å². The third-order valence-electron chi connectivity index (χ3n) is 4.16. The van der Waals surface area contributed by atoms with Crippen molar-refractivity contribution >= 4 is 17.3 Å². The molecule has 4 nitrogen and oxygen atoms in total. The highest BCUT2D eigenvalue weighted by Gasteiger charge is 2.11. The Bertz CT molecular complexity index is 626. The Balaban J connectivity index is 2.41. The fourth-order valence-electron chi connectivity index (χ4n) is 2.86. The zero-order valence-corrected chi connectivity index (χ0v) is 15.0. The van der Waals surface area contributed by atoms with Crippen molar-refractivity contribution in [2.75, 3.05) is 23.3 Å². The van der Waals surface area contributed by atoms with Gasteiger partial charge in [-0.2, -0.15) is 0 Å². The Hall–Kier alpha value is -2.10. The van der Waals surface area contributed by atoms with E-state index < -0.39 is 0 Å². The van der Waals surface area contributed by atoms with E-state index in [2.05, 4.69) is 66.1 Å². The molecule has 0 amide bonds. The molecule has 0 bridgehead atoms.